The second-order valence-corrected chi connectivity index (χ2v) is 17.2. The van der Waals surface area contributed by atoms with E-state index in [2.05, 4.69) is 130 Å². The van der Waals surface area contributed by atoms with Crippen molar-refractivity contribution in [1.29, 1.82) is 0 Å². The number of rotatable bonds is 3. The van der Waals surface area contributed by atoms with Gasteiger partial charge in [-0.05, 0) is 35.9 Å². The van der Waals surface area contributed by atoms with E-state index in [0.717, 1.165) is 12.0 Å². The molecule has 0 saturated heterocycles. The van der Waals surface area contributed by atoms with Crippen LogP contribution in [0.15, 0.2) is 96.2 Å². The number of hydrogen-bond donors (Lipinski definition) is 0. The van der Waals surface area contributed by atoms with Gasteiger partial charge in [0.1, 0.15) is 0 Å². The van der Waals surface area contributed by atoms with E-state index in [9.17, 15) is 0 Å². The molecule has 2 atom stereocenters. The number of aromatic nitrogens is 1. The van der Waals surface area contributed by atoms with E-state index in [1.165, 1.54) is 44.8 Å². The number of nitrogens with zero attached hydrogens (tertiary/aromatic N) is 1. The molecule has 1 nitrogen and oxygen atoms in total. The molecule has 8 rings (SSSR count). The molecule has 1 aromatic heterocycles. The Kier molecular flexibility index (Phi) is 8.89. The molecule has 3 aromatic carbocycles. The zero-order chi connectivity index (χ0) is 25.9. The quantitative estimate of drug-likeness (QED) is 0.302. The summed E-state index contributed by atoms with van der Waals surface area (Å²) >= 11 is 1.59. The van der Waals surface area contributed by atoms with E-state index in [1.807, 2.05) is 0 Å². The first-order valence-corrected chi connectivity index (χ1v) is 17.9. The van der Waals surface area contributed by atoms with E-state index in [4.69, 9.17) is 0 Å². The van der Waals surface area contributed by atoms with Crippen molar-refractivity contribution >= 4 is 19.3 Å². The molecule has 0 radical (unpaired) electrons. The molecule has 0 fully saturated rings. The van der Waals surface area contributed by atoms with Gasteiger partial charge in [-0.15, -0.1) is 0 Å². The minimum atomic E-state index is -1.17. The molecule has 0 amide bonds. The Hall–Kier alpha value is -1.90. The third-order valence-corrected chi connectivity index (χ3v) is 14.6. The Bertz CT molecular complexity index is 1560. The van der Waals surface area contributed by atoms with Crippen molar-refractivity contribution in [3.8, 4) is 16.8 Å². The molecular formula is C34H34Cl2NSiZr. The van der Waals surface area contributed by atoms with Crippen LogP contribution in [0.2, 0.25) is 13.1 Å². The van der Waals surface area contributed by atoms with Crippen molar-refractivity contribution in [1.82, 2.24) is 4.57 Å². The molecule has 0 spiro atoms. The molecule has 2 aliphatic carbocycles. The van der Waals surface area contributed by atoms with Gasteiger partial charge in [-0.3, -0.25) is 0 Å². The molecule has 39 heavy (non-hydrogen) atoms. The van der Waals surface area contributed by atoms with E-state index < -0.39 is 8.07 Å². The van der Waals surface area contributed by atoms with Crippen molar-refractivity contribution in [2.45, 2.75) is 49.5 Å². The second-order valence-electron chi connectivity index (χ2n) is 11.2. The Balaban J connectivity index is 0.000000172. The van der Waals surface area contributed by atoms with Gasteiger partial charge in [0.05, 0.1) is 8.07 Å². The van der Waals surface area contributed by atoms with Crippen LogP contribution in [-0.2, 0) is 31.1 Å². The van der Waals surface area contributed by atoms with Gasteiger partial charge >= 0.3 is 131 Å². The fraction of sp³-hybridized carbons (Fsp3) is 0.235. The first kappa shape index (κ1) is 30.1. The predicted molar refractivity (Wildman–Crippen MR) is 156 cm³/mol. The normalized spacial score (nSPS) is 19.0. The third-order valence-electron chi connectivity index (χ3n) is 8.64. The van der Waals surface area contributed by atoms with Crippen LogP contribution in [0.4, 0.5) is 0 Å². The topological polar surface area (TPSA) is 4.93 Å². The number of aryl methyl sites for hydroxylation is 1. The summed E-state index contributed by atoms with van der Waals surface area (Å²) in [5.41, 5.74) is 15.4. The smallest absolute Gasteiger partial charge is 1.00 e. The summed E-state index contributed by atoms with van der Waals surface area (Å²) in [6, 6.07) is 28.8. The number of fused-ring (bicyclic) bond motifs is 1. The number of benzene rings is 3. The first-order valence-electron chi connectivity index (χ1n) is 13.4. The SMILES string of the molecule is CC1=C2c3c(ccn3-c3ccccc3)C1[Si]2(C)C.CCc1ccc(-c2cccc3c2C=C(C)[CH]3[Zr+2])cc1.[Cl-].[Cl-]. The fourth-order valence-corrected chi connectivity index (χ4v) is 12.0. The summed E-state index contributed by atoms with van der Waals surface area (Å²) in [5.74, 6) is 0. The van der Waals surface area contributed by atoms with E-state index in [1.54, 1.807) is 41.1 Å². The summed E-state index contributed by atoms with van der Waals surface area (Å²) in [7, 11) is -1.17. The van der Waals surface area contributed by atoms with Crippen LogP contribution in [0.3, 0.4) is 0 Å². The van der Waals surface area contributed by atoms with Crippen LogP contribution >= 0.6 is 0 Å². The van der Waals surface area contributed by atoms with Crippen molar-refractivity contribution in [3.05, 3.63) is 124 Å². The van der Waals surface area contributed by atoms with Crippen LogP contribution in [0.1, 0.15) is 57.9 Å². The van der Waals surface area contributed by atoms with Crippen molar-refractivity contribution in [2.24, 2.45) is 0 Å². The van der Waals surface area contributed by atoms with E-state index in [-0.39, 0.29) is 24.8 Å². The van der Waals surface area contributed by atoms with Crippen molar-refractivity contribution in [3.63, 3.8) is 0 Å². The number of para-hydroxylation sites is 1. The van der Waals surface area contributed by atoms with E-state index >= 15 is 0 Å². The fourth-order valence-electron chi connectivity index (χ4n) is 6.85. The molecule has 4 aliphatic rings. The second kappa shape index (κ2) is 11.5. The number of halogens is 2. The molecule has 3 heterocycles. The Morgan fingerprint density at radius 2 is 1.51 bits per heavy atom. The number of allylic oxidation sites excluding steroid dienone is 2. The standard InChI is InChI=1S/C18H17.C16H17NSi.2ClH.Zr/c1-3-14-7-9-15(10-8-14)17-6-4-5-16-11-13(2)12-18(16)17;1-11-15-13-9-10-17(12-7-5-4-6-8-12)14(13)16(11)18(15,2)3;;;/h4-12H,3H2,1-2H3;4-10,15H,1-3H3;2*1H;/q;;;;+2/p-2. The largest absolute Gasteiger partial charge is 1.00 e. The molecule has 5 heteroatoms. The minimum absolute atomic E-state index is 0. The van der Waals surface area contributed by atoms with Gasteiger partial charge in [0.15, 0.2) is 0 Å². The zero-order valence-electron chi connectivity index (χ0n) is 23.2. The molecule has 4 aromatic rings. The van der Waals surface area contributed by atoms with Gasteiger partial charge in [0, 0.05) is 23.1 Å². The van der Waals surface area contributed by atoms with Crippen LogP contribution in [0.25, 0.3) is 28.1 Å². The maximum absolute atomic E-state index is 2.51. The summed E-state index contributed by atoms with van der Waals surface area (Å²) in [5, 5.41) is 1.70. The number of hydrogen-bond acceptors (Lipinski definition) is 0. The molecule has 2 aliphatic heterocycles. The Morgan fingerprint density at radius 1 is 0.821 bits per heavy atom. The van der Waals surface area contributed by atoms with Crippen LogP contribution in [0, 0.1) is 0 Å². The monoisotopic (exact) mass is 644 g/mol. The van der Waals surface area contributed by atoms with Gasteiger partial charge in [0.2, 0.25) is 0 Å². The Morgan fingerprint density at radius 3 is 2.15 bits per heavy atom. The molecule has 0 saturated carbocycles. The van der Waals surface area contributed by atoms with Gasteiger partial charge in [-0.2, -0.15) is 0 Å². The van der Waals surface area contributed by atoms with Gasteiger partial charge in [0.25, 0.3) is 0 Å². The molecular weight excluding hydrogens is 613 g/mol. The Labute approximate surface area is 262 Å². The minimum Gasteiger partial charge on any atom is -1.00 e. The van der Waals surface area contributed by atoms with Gasteiger partial charge in [-0.25, -0.2) is 0 Å². The summed E-state index contributed by atoms with van der Waals surface area (Å²) in [6.07, 6.45) is 5.72. The van der Waals surface area contributed by atoms with Crippen molar-refractivity contribution in [2.75, 3.05) is 0 Å². The predicted octanol–water partition coefficient (Wildman–Crippen LogP) is 3.08. The third kappa shape index (κ3) is 4.84. The van der Waals surface area contributed by atoms with Gasteiger partial charge in [-0.1, -0.05) is 36.9 Å². The first-order chi connectivity index (χ1) is 17.8. The van der Waals surface area contributed by atoms with Crippen LogP contribution in [0.5, 0.6) is 0 Å². The maximum Gasteiger partial charge on any atom is -1.00 e. The van der Waals surface area contributed by atoms with Crippen LogP contribution < -0.4 is 24.8 Å². The molecule has 2 unspecified atom stereocenters. The van der Waals surface area contributed by atoms with Crippen molar-refractivity contribution < 1.29 is 49.5 Å². The maximum atomic E-state index is 2.51. The average molecular weight is 647 g/mol. The van der Waals surface area contributed by atoms with Gasteiger partial charge < -0.3 is 29.4 Å². The summed E-state index contributed by atoms with van der Waals surface area (Å²) in [6.45, 7) is 11.8. The van der Waals surface area contributed by atoms with E-state index in [0.29, 0.717) is 3.63 Å². The average Bonchev–Trinajstić information content (AvgIpc) is 3.60. The molecule has 0 N–H and O–H groups in total. The molecule has 2 bridgehead atoms. The zero-order valence-corrected chi connectivity index (χ0v) is 28.2. The molecule has 197 valence electrons. The summed E-state index contributed by atoms with van der Waals surface area (Å²) in [4.78, 5) is 0. The van der Waals surface area contributed by atoms with Crippen LogP contribution in [-0.4, -0.2) is 12.6 Å². The summed E-state index contributed by atoms with van der Waals surface area (Å²) < 4.78 is 3.03.